The highest BCUT2D eigenvalue weighted by Gasteiger charge is 2.68. The minimum Gasteiger partial charge on any atom is -0.462 e. The third kappa shape index (κ3) is 6.77. The number of nitrogens with one attached hydrogen (secondary N) is 1. The van der Waals surface area contributed by atoms with Gasteiger partial charge in [0.05, 0.1) is 24.8 Å². The van der Waals surface area contributed by atoms with E-state index in [1.54, 1.807) is 45.9 Å². The van der Waals surface area contributed by atoms with Crippen LogP contribution in [-0.2, 0) is 38.5 Å². The van der Waals surface area contributed by atoms with Crippen LogP contribution in [0.2, 0.25) is 0 Å². The van der Waals surface area contributed by atoms with Gasteiger partial charge in [0.15, 0.2) is 17.6 Å². The summed E-state index contributed by atoms with van der Waals surface area (Å²) in [4.78, 5) is 33.4. The van der Waals surface area contributed by atoms with Crippen molar-refractivity contribution in [1.82, 2.24) is 24.7 Å². The molecule has 3 heterocycles. The fraction of sp³-hybridized carbons (Fsp3) is 0.500. The zero-order valence-electron chi connectivity index (χ0n) is 25.6. The van der Waals surface area contributed by atoms with Gasteiger partial charge in [-0.25, -0.2) is 19.0 Å². The molecule has 1 saturated heterocycles. The molecule has 2 aromatic heterocycles. The third-order valence-corrected chi connectivity index (χ3v) is 8.57. The van der Waals surface area contributed by atoms with Crippen molar-refractivity contribution in [1.29, 1.82) is 5.26 Å². The maximum atomic E-state index is 14.1. The summed E-state index contributed by atoms with van der Waals surface area (Å²) in [7, 11) is -4.42. The minimum atomic E-state index is -4.42. The van der Waals surface area contributed by atoms with E-state index >= 15 is 0 Å². The monoisotopic (exact) mass is 645 g/mol. The van der Waals surface area contributed by atoms with E-state index in [1.165, 1.54) is 36.7 Å². The molecule has 1 aliphatic heterocycles. The Kier molecular flexibility index (Phi) is 9.81. The van der Waals surface area contributed by atoms with Crippen molar-refractivity contribution in [2.75, 3.05) is 12.3 Å². The lowest BCUT2D eigenvalue weighted by molar-refractivity contribution is -0.168. The van der Waals surface area contributed by atoms with Gasteiger partial charge in [0.1, 0.15) is 41.6 Å². The number of aliphatic hydroxyl groups is 1. The van der Waals surface area contributed by atoms with Gasteiger partial charge in [-0.1, -0.05) is 32.0 Å². The fourth-order valence-electron chi connectivity index (χ4n) is 4.64. The van der Waals surface area contributed by atoms with E-state index in [1.807, 2.05) is 6.07 Å². The molecule has 0 saturated carbocycles. The van der Waals surface area contributed by atoms with Gasteiger partial charge < -0.3 is 29.6 Å². The topological polar surface area (TPSA) is 223 Å². The van der Waals surface area contributed by atoms with Crippen molar-refractivity contribution in [2.45, 2.75) is 77.1 Å². The molecule has 4 N–H and O–H groups in total. The molecule has 0 spiro atoms. The van der Waals surface area contributed by atoms with E-state index < -0.39 is 67.8 Å². The van der Waals surface area contributed by atoms with Crippen LogP contribution >= 0.6 is 7.75 Å². The van der Waals surface area contributed by atoms with E-state index in [4.69, 9.17) is 29.0 Å². The lowest BCUT2D eigenvalue weighted by Gasteiger charge is -2.34. The molecular weight excluding hydrogens is 609 g/mol. The third-order valence-electron chi connectivity index (χ3n) is 6.93. The number of nitrogen functional groups attached to an aromatic ring is 1. The number of esters is 2. The molecule has 1 aliphatic rings. The van der Waals surface area contributed by atoms with E-state index in [0.717, 1.165) is 6.33 Å². The number of nitriles is 1. The molecule has 3 aromatic rings. The largest absolute Gasteiger partial charge is 0.462 e. The number of ether oxygens (including phenoxy) is 3. The molecule has 242 valence electrons. The quantitative estimate of drug-likeness (QED) is 0.190. The Morgan fingerprint density at radius 1 is 1.20 bits per heavy atom. The molecule has 17 heteroatoms. The lowest BCUT2D eigenvalue weighted by atomic mass is 9.80. The van der Waals surface area contributed by atoms with Crippen LogP contribution in [-0.4, -0.2) is 73.2 Å². The second kappa shape index (κ2) is 13.1. The molecule has 0 radical (unpaired) electrons. The van der Waals surface area contributed by atoms with Gasteiger partial charge in [-0.15, -0.1) is 0 Å². The molecule has 1 fully saturated rings. The van der Waals surface area contributed by atoms with E-state index in [-0.39, 0.29) is 22.9 Å². The molecule has 6 atom stereocenters. The summed E-state index contributed by atoms with van der Waals surface area (Å²) in [5.41, 5.74) is 1.47. The van der Waals surface area contributed by atoms with Gasteiger partial charge in [0, 0.05) is 0 Å². The smallest absolute Gasteiger partial charge is 0.459 e. The van der Waals surface area contributed by atoms with Crippen molar-refractivity contribution in [2.24, 2.45) is 5.92 Å². The first-order valence-electron chi connectivity index (χ1n) is 14.1. The summed E-state index contributed by atoms with van der Waals surface area (Å²) in [5, 5.41) is 29.2. The van der Waals surface area contributed by atoms with Gasteiger partial charge >= 0.3 is 19.7 Å². The summed E-state index contributed by atoms with van der Waals surface area (Å²) in [6.45, 7) is 8.52. The minimum absolute atomic E-state index is 0.000152. The molecule has 1 aromatic carbocycles. The number of nitrogens with zero attached hydrogens (tertiary/aromatic N) is 5. The van der Waals surface area contributed by atoms with Crippen LogP contribution in [0.4, 0.5) is 5.82 Å². The zero-order valence-corrected chi connectivity index (χ0v) is 26.5. The van der Waals surface area contributed by atoms with Crippen LogP contribution < -0.4 is 15.3 Å². The van der Waals surface area contributed by atoms with E-state index in [2.05, 4.69) is 20.2 Å². The number of hydrogen-bond donors (Lipinski definition) is 3. The van der Waals surface area contributed by atoms with Gasteiger partial charge in [-0.3, -0.25) is 14.1 Å². The molecule has 0 unspecified atom stereocenters. The summed E-state index contributed by atoms with van der Waals surface area (Å²) in [6.07, 6.45) is -1.02. The number of imidazole rings is 1. The maximum Gasteiger partial charge on any atom is 0.459 e. The van der Waals surface area contributed by atoms with Crippen molar-refractivity contribution >= 4 is 31.2 Å². The van der Waals surface area contributed by atoms with Crippen molar-refractivity contribution in [3.63, 3.8) is 0 Å². The van der Waals surface area contributed by atoms with E-state index in [9.17, 15) is 24.5 Å². The molecule has 16 nitrogen and oxygen atoms in total. The fourth-order valence-corrected chi connectivity index (χ4v) is 6.14. The second-order valence-corrected chi connectivity index (χ2v) is 12.9. The number of rotatable bonds is 12. The predicted octanol–water partition coefficient (Wildman–Crippen LogP) is 2.28. The zero-order chi connectivity index (χ0) is 33.2. The number of benzene rings is 1. The second-order valence-electron chi connectivity index (χ2n) is 11.2. The van der Waals surface area contributed by atoms with Gasteiger partial charge in [0.25, 0.3) is 0 Å². The van der Waals surface area contributed by atoms with Gasteiger partial charge in [-0.05, 0) is 39.8 Å². The number of fused-ring (bicyclic) bond motifs is 1. The Morgan fingerprint density at radius 2 is 1.89 bits per heavy atom. The predicted molar refractivity (Wildman–Crippen MR) is 157 cm³/mol. The summed E-state index contributed by atoms with van der Waals surface area (Å²) < 4.78 is 43.8. The summed E-state index contributed by atoms with van der Waals surface area (Å²) in [5.74, 6) is -1.90. The Labute approximate surface area is 259 Å². The number of anilines is 1. The number of hydrogen-bond acceptors (Lipinski definition) is 14. The highest BCUT2D eigenvalue weighted by molar-refractivity contribution is 7.52. The molecule has 4 rings (SSSR count). The van der Waals surface area contributed by atoms with Crippen molar-refractivity contribution in [3.05, 3.63) is 48.5 Å². The molecule has 0 aliphatic carbocycles. The highest BCUT2D eigenvalue weighted by Crippen LogP contribution is 2.51. The number of aromatic nitrogens is 4. The van der Waals surface area contributed by atoms with Crippen LogP contribution in [0.5, 0.6) is 5.75 Å². The van der Waals surface area contributed by atoms with E-state index in [0.29, 0.717) is 0 Å². The van der Waals surface area contributed by atoms with Crippen molar-refractivity contribution < 1.29 is 42.5 Å². The number of carbonyl (C=O) groups is 2. The molecular formula is C28H36N7O9P. The highest BCUT2D eigenvalue weighted by atomic mass is 31.2. The van der Waals surface area contributed by atoms with Crippen molar-refractivity contribution in [3.8, 4) is 11.8 Å². The first-order valence-corrected chi connectivity index (χ1v) is 15.6. The molecule has 0 bridgehead atoms. The Bertz CT molecular complexity index is 1630. The number of nitrogens with two attached hydrogens (primary N) is 1. The first-order chi connectivity index (χ1) is 21.1. The maximum absolute atomic E-state index is 14.1. The van der Waals surface area contributed by atoms with Crippen LogP contribution in [0.1, 0.15) is 47.2 Å². The average molecular weight is 646 g/mol. The van der Waals surface area contributed by atoms with Gasteiger partial charge in [0.2, 0.25) is 5.60 Å². The van der Waals surface area contributed by atoms with Crippen LogP contribution in [0.3, 0.4) is 0 Å². The van der Waals surface area contributed by atoms with Crippen LogP contribution in [0.25, 0.3) is 5.65 Å². The lowest BCUT2D eigenvalue weighted by Crippen LogP contribution is -2.54. The first kappa shape index (κ1) is 33.8. The Balaban J connectivity index is 1.72. The molecule has 45 heavy (non-hydrogen) atoms. The molecule has 0 amide bonds. The van der Waals surface area contributed by atoms with Gasteiger partial charge in [-0.2, -0.15) is 15.4 Å². The van der Waals surface area contributed by atoms with Crippen LogP contribution in [0, 0.1) is 17.2 Å². The standard InChI is InChI=1S/C28H36N7O9P/c1-16(2)25(36)42-22-20(43-28(14-29,27(22,6)38)21-12-31-24-23(30)32-15-33-35(21)24)13-40-45(39,44-19-10-8-7-9-11-19)34-18(5)26(37)41-17(3)4/h7-12,15-18,20,22,38H,13H2,1-6H3,(H,34,39)(H2,30,32,33)/t18-,20+,22+,27+,28-,45-/m0/s1. The Morgan fingerprint density at radius 3 is 2.51 bits per heavy atom. The average Bonchev–Trinajstić information content (AvgIpc) is 3.50. The number of carbonyl (C=O) groups excluding carboxylic acids is 2. The Hall–Kier alpha value is -4.13. The normalized spacial score (nSPS) is 25.1. The summed E-state index contributed by atoms with van der Waals surface area (Å²) in [6, 6.07) is 8.89. The van der Waals surface area contributed by atoms with Crippen LogP contribution in [0.15, 0.2) is 42.9 Å². The summed E-state index contributed by atoms with van der Waals surface area (Å²) >= 11 is 0. The number of para-hydroxylation sites is 1. The SMILES string of the molecule is CC(C)OC(=O)[C@H](C)N[P@](=O)(OC[C@H]1O[C@@](C#N)(c2cnc3c(N)ncnn23)[C@](C)(O)[C@@H]1OC(=O)C(C)C)Oc1ccccc1.